The molecular weight excluding hydrogens is 302 g/mol. The van der Waals surface area contributed by atoms with Crippen molar-refractivity contribution in [1.82, 2.24) is 33.7 Å². The van der Waals surface area contributed by atoms with E-state index in [0.29, 0.717) is 0 Å². The minimum absolute atomic E-state index is 0.875. The molecule has 0 saturated carbocycles. The summed E-state index contributed by atoms with van der Waals surface area (Å²) in [5.41, 5.74) is 3.78. The predicted molar refractivity (Wildman–Crippen MR) is 91.1 cm³/mol. The maximum absolute atomic E-state index is 4.68. The van der Waals surface area contributed by atoms with Crippen LogP contribution in [0, 0.1) is 6.92 Å². The number of aromatic amines is 1. The molecule has 24 heavy (non-hydrogen) atoms. The fourth-order valence-electron chi connectivity index (χ4n) is 3.13. The number of nitrogens with one attached hydrogen (secondary N) is 1. The van der Waals surface area contributed by atoms with Crippen LogP contribution in [-0.4, -0.2) is 33.7 Å². The van der Waals surface area contributed by atoms with E-state index in [0.717, 1.165) is 39.6 Å². The molecule has 1 N–H and O–H groups in total. The van der Waals surface area contributed by atoms with Crippen LogP contribution in [0.15, 0.2) is 49.2 Å². The van der Waals surface area contributed by atoms with Crippen LogP contribution in [0.3, 0.4) is 0 Å². The maximum atomic E-state index is 4.68. The summed E-state index contributed by atoms with van der Waals surface area (Å²) >= 11 is 0. The lowest BCUT2D eigenvalue weighted by Gasteiger charge is -2.06. The van der Waals surface area contributed by atoms with Crippen molar-refractivity contribution in [2.24, 2.45) is 7.05 Å². The minimum Gasteiger partial charge on any atom is -0.341 e. The number of nitrogens with zero attached hydrogens (tertiary/aromatic N) is 6. The van der Waals surface area contributed by atoms with Gasteiger partial charge in [0.05, 0.1) is 29.8 Å². The normalized spacial score (nSPS) is 11.8. The Balaban J connectivity index is 1.71. The molecule has 0 aliphatic carbocycles. The molecule has 0 atom stereocenters. The van der Waals surface area contributed by atoms with Crippen molar-refractivity contribution in [2.75, 3.05) is 0 Å². The van der Waals surface area contributed by atoms with E-state index < -0.39 is 0 Å². The van der Waals surface area contributed by atoms with Crippen LogP contribution in [0.1, 0.15) is 5.82 Å². The standard InChI is InChI=1S/C17H15N7/c1-11-19-8-13(20-11)14-10-24-16(21-14)4-6-23(24)17-7-12-3-5-18-9-15(12)22(17)2/h3-10H,1-2H3,(H,19,20). The molecule has 0 amide bonds. The molecule has 5 rings (SSSR count). The van der Waals surface area contributed by atoms with E-state index >= 15 is 0 Å². The van der Waals surface area contributed by atoms with E-state index in [1.54, 1.807) is 0 Å². The first-order chi connectivity index (χ1) is 11.7. The van der Waals surface area contributed by atoms with Crippen molar-refractivity contribution in [1.29, 1.82) is 0 Å². The lowest BCUT2D eigenvalue weighted by molar-refractivity contribution is 0.741. The van der Waals surface area contributed by atoms with E-state index in [1.807, 2.05) is 61.6 Å². The topological polar surface area (TPSA) is 68.7 Å². The van der Waals surface area contributed by atoms with Crippen LogP contribution < -0.4 is 0 Å². The first-order valence-corrected chi connectivity index (χ1v) is 7.69. The molecule has 7 nitrogen and oxygen atoms in total. The zero-order valence-corrected chi connectivity index (χ0v) is 13.3. The Morgan fingerprint density at radius 1 is 1.17 bits per heavy atom. The van der Waals surface area contributed by atoms with Crippen LogP contribution in [0.5, 0.6) is 0 Å². The van der Waals surface area contributed by atoms with Crippen LogP contribution >= 0.6 is 0 Å². The Morgan fingerprint density at radius 3 is 2.88 bits per heavy atom. The van der Waals surface area contributed by atoms with Crippen molar-refractivity contribution in [3.63, 3.8) is 0 Å². The van der Waals surface area contributed by atoms with E-state index in [-0.39, 0.29) is 0 Å². The van der Waals surface area contributed by atoms with Crippen molar-refractivity contribution < 1.29 is 0 Å². The van der Waals surface area contributed by atoms with Crippen molar-refractivity contribution >= 4 is 16.6 Å². The summed E-state index contributed by atoms with van der Waals surface area (Å²) < 4.78 is 6.24. The molecule has 0 saturated heterocycles. The maximum Gasteiger partial charge on any atom is 0.154 e. The molecule has 0 aliphatic rings. The Bertz CT molecular complexity index is 1180. The minimum atomic E-state index is 0.875. The third-order valence-electron chi connectivity index (χ3n) is 4.35. The molecule has 0 spiro atoms. The summed E-state index contributed by atoms with van der Waals surface area (Å²) in [6.45, 7) is 1.93. The number of H-pyrrole nitrogens is 1. The van der Waals surface area contributed by atoms with E-state index in [9.17, 15) is 0 Å². The van der Waals surface area contributed by atoms with Gasteiger partial charge in [-0.15, -0.1) is 0 Å². The van der Waals surface area contributed by atoms with Gasteiger partial charge in [-0.1, -0.05) is 0 Å². The van der Waals surface area contributed by atoms with E-state index in [2.05, 4.69) is 35.3 Å². The number of pyridine rings is 1. The van der Waals surface area contributed by atoms with Gasteiger partial charge in [0, 0.05) is 30.9 Å². The average Bonchev–Trinajstić information content (AvgIpc) is 3.31. The first-order valence-electron chi connectivity index (χ1n) is 7.69. The highest BCUT2D eigenvalue weighted by molar-refractivity contribution is 5.82. The van der Waals surface area contributed by atoms with Gasteiger partial charge in [-0.05, 0) is 19.1 Å². The lowest BCUT2D eigenvalue weighted by Crippen LogP contribution is -2.05. The SMILES string of the molecule is Cc1ncc(-c2cn3c(ccn3-c3cc4ccncc4n3C)n2)[nH]1. The van der Waals surface area contributed by atoms with Gasteiger partial charge in [-0.3, -0.25) is 4.98 Å². The van der Waals surface area contributed by atoms with Crippen molar-refractivity contribution in [3.8, 4) is 17.2 Å². The van der Waals surface area contributed by atoms with Gasteiger partial charge in [0.25, 0.3) is 0 Å². The Labute approximate surface area is 137 Å². The third kappa shape index (κ3) is 1.75. The molecular formula is C17H15N7. The lowest BCUT2D eigenvalue weighted by atomic mass is 10.3. The summed E-state index contributed by atoms with van der Waals surface area (Å²) in [6, 6.07) is 6.17. The second-order valence-electron chi connectivity index (χ2n) is 5.87. The number of aryl methyl sites for hydroxylation is 2. The van der Waals surface area contributed by atoms with Gasteiger partial charge in [-0.2, -0.15) is 0 Å². The van der Waals surface area contributed by atoms with Gasteiger partial charge >= 0.3 is 0 Å². The molecule has 5 aromatic rings. The van der Waals surface area contributed by atoms with Crippen LogP contribution in [0.25, 0.3) is 33.8 Å². The zero-order chi connectivity index (χ0) is 16.3. The first kappa shape index (κ1) is 13.1. The van der Waals surface area contributed by atoms with Crippen molar-refractivity contribution in [2.45, 2.75) is 6.92 Å². The largest absolute Gasteiger partial charge is 0.341 e. The summed E-state index contributed by atoms with van der Waals surface area (Å²) in [7, 11) is 2.04. The van der Waals surface area contributed by atoms with Gasteiger partial charge in [0.1, 0.15) is 17.3 Å². The summed E-state index contributed by atoms with van der Waals surface area (Å²) in [6.07, 6.45) is 9.54. The molecule has 0 bridgehead atoms. The van der Waals surface area contributed by atoms with Crippen LogP contribution in [0.4, 0.5) is 0 Å². The molecule has 5 heterocycles. The average molecular weight is 317 g/mol. The number of fused-ring (bicyclic) bond motifs is 2. The molecule has 5 aromatic heterocycles. The number of imidazole rings is 2. The van der Waals surface area contributed by atoms with Gasteiger partial charge in [-0.25, -0.2) is 19.2 Å². The quantitative estimate of drug-likeness (QED) is 0.544. The second-order valence-corrected chi connectivity index (χ2v) is 5.87. The predicted octanol–water partition coefficient (Wildman–Crippen LogP) is 2.71. The van der Waals surface area contributed by atoms with Gasteiger partial charge in [0.15, 0.2) is 5.65 Å². The summed E-state index contributed by atoms with van der Waals surface area (Å²) in [4.78, 5) is 16.4. The molecule has 118 valence electrons. The van der Waals surface area contributed by atoms with Gasteiger partial charge in [0.2, 0.25) is 0 Å². The highest BCUT2D eigenvalue weighted by Crippen LogP contribution is 2.23. The number of hydrogen-bond donors (Lipinski definition) is 1. The van der Waals surface area contributed by atoms with Crippen molar-refractivity contribution in [3.05, 3.63) is 55.0 Å². The third-order valence-corrected chi connectivity index (χ3v) is 4.35. The van der Waals surface area contributed by atoms with Gasteiger partial charge < -0.3 is 9.55 Å². The fraction of sp³-hybridized carbons (Fsp3) is 0.118. The second kappa shape index (κ2) is 4.58. The molecule has 0 fully saturated rings. The smallest absolute Gasteiger partial charge is 0.154 e. The Morgan fingerprint density at radius 2 is 2.08 bits per heavy atom. The highest BCUT2D eigenvalue weighted by Gasteiger charge is 2.13. The number of rotatable bonds is 2. The Kier molecular flexibility index (Phi) is 2.50. The molecule has 0 aliphatic heterocycles. The fourth-order valence-corrected chi connectivity index (χ4v) is 3.13. The number of aromatic nitrogens is 7. The number of hydrogen-bond acceptors (Lipinski definition) is 3. The summed E-state index contributed by atoms with van der Waals surface area (Å²) in [5.74, 6) is 1.93. The molecule has 7 heteroatoms. The Hall–Kier alpha value is -3.35. The zero-order valence-electron chi connectivity index (χ0n) is 13.3. The molecule has 0 aromatic carbocycles. The molecule has 0 radical (unpaired) electrons. The highest BCUT2D eigenvalue weighted by atomic mass is 15.4. The van der Waals surface area contributed by atoms with E-state index in [1.165, 1.54) is 0 Å². The summed E-state index contributed by atoms with van der Waals surface area (Å²) in [5, 5.41) is 1.16. The molecule has 0 unspecified atom stereocenters. The van der Waals surface area contributed by atoms with Crippen LogP contribution in [-0.2, 0) is 7.05 Å². The monoisotopic (exact) mass is 317 g/mol. The van der Waals surface area contributed by atoms with Crippen LogP contribution in [0.2, 0.25) is 0 Å². The van der Waals surface area contributed by atoms with E-state index in [4.69, 9.17) is 0 Å².